The molecule has 0 spiro atoms. The summed E-state index contributed by atoms with van der Waals surface area (Å²) in [7, 11) is 0. The van der Waals surface area contributed by atoms with Crippen LogP contribution in [0, 0.1) is 29.9 Å². The van der Waals surface area contributed by atoms with Gasteiger partial charge in [-0.3, -0.25) is 19.6 Å². The van der Waals surface area contributed by atoms with E-state index in [1.165, 1.54) is 0 Å². The summed E-state index contributed by atoms with van der Waals surface area (Å²) in [5.74, 6) is 0.557. The molecule has 1 aromatic heterocycles. The summed E-state index contributed by atoms with van der Waals surface area (Å²) in [4.78, 5) is 24.7. The number of nitrogens with two attached hydrogens (primary N) is 1. The number of nitrogens with zero attached hydrogens (tertiary/aromatic N) is 4. The molecular weight excluding hydrogens is 334 g/mol. The predicted octanol–water partition coefficient (Wildman–Crippen LogP) is 1.81. The number of carbonyl (C=O) groups is 1. The first kappa shape index (κ1) is 20.4. The highest BCUT2D eigenvalue weighted by molar-refractivity contribution is 5.85. The Morgan fingerprint density at radius 2 is 2.00 bits per heavy atom. The topological polar surface area (TPSA) is 107 Å². The van der Waals surface area contributed by atoms with Crippen molar-refractivity contribution in [2.24, 2.45) is 11.7 Å². The van der Waals surface area contributed by atoms with Gasteiger partial charge in [-0.15, -0.1) is 12.4 Å². The minimum atomic E-state index is -0.422. The van der Waals surface area contributed by atoms with Crippen LogP contribution in [0.4, 0.5) is 5.69 Å². The maximum atomic E-state index is 12.3. The number of aryl methyl sites for hydroxylation is 2. The van der Waals surface area contributed by atoms with Crippen LogP contribution in [-0.4, -0.2) is 44.6 Å². The zero-order valence-corrected chi connectivity index (χ0v) is 15.2. The van der Waals surface area contributed by atoms with Gasteiger partial charge in [-0.1, -0.05) is 0 Å². The Hall–Kier alpha value is -1.67. The van der Waals surface area contributed by atoms with Crippen LogP contribution in [0.25, 0.3) is 0 Å². The lowest BCUT2D eigenvalue weighted by Gasteiger charge is -2.33. The second-order valence-electron chi connectivity index (χ2n) is 6.33. The number of amides is 1. The summed E-state index contributed by atoms with van der Waals surface area (Å²) >= 11 is 0. The Morgan fingerprint density at radius 1 is 1.42 bits per heavy atom. The second-order valence-corrected chi connectivity index (χ2v) is 6.33. The summed E-state index contributed by atoms with van der Waals surface area (Å²) < 4.78 is 1.56. The summed E-state index contributed by atoms with van der Waals surface area (Å²) in [5.41, 5.74) is 6.83. The normalized spacial score (nSPS) is 16.6. The Kier molecular flexibility index (Phi) is 7.16. The largest absolute Gasteiger partial charge is 0.343 e. The molecule has 1 aromatic rings. The maximum Gasteiger partial charge on any atom is 0.312 e. The minimum Gasteiger partial charge on any atom is -0.343 e. The fourth-order valence-corrected chi connectivity index (χ4v) is 3.20. The summed E-state index contributed by atoms with van der Waals surface area (Å²) in [6.07, 6.45) is 2.19. The van der Waals surface area contributed by atoms with Gasteiger partial charge in [-0.2, -0.15) is 5.10 Å². The lowest BCUT2D eigenvalue weighted by atomic mass is 9.91. The van der Waals surface area contributed by atoms with Gasteiger partial charge in [0, 0.05) is 25.6 Å². The van der Waals surface area contributed by atoms with Crippen LogP contribution in [0.2, 0.25) is 0 Å². The average molecular weight is 360 g/mol. The lowest BCUT2D eigenvalue weighted by molar-refractivity contribution is -0.386. The van der Waals surface area contributed by atoms with E-state index in [0.29, 0.717) is 30.3 Å². The highest BCUT2D eigenvalue weighted by Crippen LogP contribution is 2.23. The highest BCUT2D eigenvalue weighted by Gasteiger charge is 2.26. The lowest BCUT2D eigenvalue weighted by Crippen LogP contribution is -2.42. The molecule has 2 heterocycles. The van der Waals surface area contributed by atoms with Crippen molar-refractivity contribution in [2.75, 3.05) is 13.1 Å². The van der Waals surface area contributed by atoms with Crippen LogP contribution >= 0.6 is 12.4 Å². The number of piperidine rings is 1. The third-order valence-electron chi connectivity index (χ3n) is 4.70. The molecule has 2 N–H and O–H groups in total. The fourth-order valence-electron chi connectivity index (χ4n) is 3.20. The Bertz CT molecular complexity index is 594. The van der Waals surface area contributed by atoms with Gasteiger partial charge in [0.05, 0.1) is 11.5 Å². The smallest absolute Gasteiger partial charge is 0.312 e. The average Bonchev–Trinajstić information content (AvgIpc) is 2.79. The molecule has 1 saturated heterocycles. The quantitative estimate of drug-likeness (QED) is 0.637. The van der Waals surface area contributed by atoms with E-state index in [1.807, 2.05) is 11.8 Å². The van der Waals surface area contributed by atoms with E-state index < -0.39 is 4.92 Å². The number of rotatable bonds is 5. The molecule has 0 bridgehead atoms. The van der Waals surface area contributed by atoms with Gasteiger partial charge in [0.15, 0.2) is 0 Å². The van der Waals surface area contributed by atoms with Crippen molar-refractivity contribution >= 4 is 24.0 Å². The van der Waals surface area contributed by atoms with E-state index in [2.05, 4.69) is 5.10 Å². The number of aromatic nitrogens is 2. The fraction of sp³-hybridized carbons (Fsp3) is 0.733. The number of hydrogen-bond acceptors (Lipinski definition) is 5. The predicted molar refractivity (Wildman–Crippen MR) is 93.2 cm³/mol. The Balaban J connectivity index is 0.00000288. The number of carbonyl (C=O) groups excluding carboxylic acids is 1. The van der Waals surface area contributed by atoms with Gasteiger partial charge in [-0.25, -0.2) is 0 Å². The molecule has 0 aliphatic carbocycles. The molecule has 24 heavy (non-hydrogen) atoms. The van der Waals surface area contributed by atoms with E-state index in [-0.39, 0.29) is 30.0 Å². The highest BCUT2D eigenvalue weighted by atomic mass is 35.5. The molecule has 9 heteroatoms. The molecule has 8 nitrogen and oxygen atoms in total. The summed E-state index contributed by atoms with van der Waals surface area (Å²) in [5, 5.41) is 15.2. The van der Waals surface area contributed by atoms with Crippen LogP contribution in [-0.2, 0) is 11.3 Å². The summed E-state index contributed by atoms with van der Waals surface area (Å²) in [6, 6.07) is 0.169. The molecule has 1 aliphatic rings. The van der Waals surface area contributed by atoms with Gasteiger partial charge >= 0.3 is 5.69 Å². The van der Waals surface area contributed by atoms with Crippen molar-refractivity contribution < 1.29 is 9.72 Å². The van der Waals surface area contributed by atoms with Crippen molar-refractivity contribution in [3.05, 3.63) is 21.5 Å². The van der Waals surface area contributed by atoms with Crippen molar-refractivity contribution in [3.63, 3.8) is 0 Å². The number of hydrogen-bond donors (Lipinski definition) is 1. The number of likely N-dealkylation sites (tertiary alicyclic amines) is 1. The molecule has 136 valence electrons. The van der Waals surface area contributed by atoms with E-state index in [9.17, 15) is 14.9 Å². The van der Waals surface area contributed by atoms with E-state index >= 15 is 0 Å². The van der Waals surface area contributed by atoms with Crippen LogP contribution < -0.4 is 5.73 Å². The van der Waals surface area contributed by atoms with Crippen molar-refractivity contribution in [1.82, 2.24) is 14.7 Å². The molecule has 1 atom stereocenters. The van der Waals surface area contributed by atoms with Crippen molar-refractivity contribution in [2.45, 2.75) is 52.6 Å². The maximum absolute atomic E-state index is 12.3. The Labute approximate surface area is 147 Å². The third-order valence-corrected chi connectivity index (χ3v) is 4.70. The number of halogens is 1. The zero-order chi connectivity index (χ0) is 17.1. The van der Waals surface area contributed by atoms with Crippen LogP contribution in [0.1, 0.15) is 37.6 Å². The molecule has 0 saturated carbocycles. The van der Waals surface area contributed by atoms with Gasteiger partial charge in [0.1, 0.15) is 11.4 Å². The third kappa shape index (κ3) is 4.45. The first-order valence-electron chi connectivity index (χ1n) is 8.03. The van der Waals surface area contributed by atoms with Crippen LogP contribution in [0.3, 0.4) is 0 Å². The molecule has 0 radical (unpaired) electrons. The minimum absolute atomic E-state index is 0. The van der Waals surface area contributed by atoms with E-state index in [0.717, 1.165) is 25.9 Å². The second kappa shape index (κ2) is 8.43. The zero-order valence-electron chi connectivity index (χ0n) is 14.4. The SMILES string of the molecule is Cc1nn(CCC(=O)N2CCC(C(C)N)CC2)c(C)c1[N+](=O)[O-].Cl. The standard InChI is InChI=1S/C15H25N5O3.ClH/c1-10(16)13-4-7-18(8-5-13)14(21)6-9-19-12(3)15(20(22)23)11(2)17-19;/h10,13H,4-9,16H2,1-3H3;1H. The Morgan fingerprint density at radius 3 is 2.46 bits per heavy atom. The van der Waals surface area contributed by atoms with Crippen molar-refractivity contribution in [1.29, 1.82) is 0 Å². The van der Waals surface area contributed by atoms with Crippen LogP contribution in [0.5, 0.6) is 0 Å². The molecule has 1 fully saturated rings. The van der Waals surface area contributed by atoms with E-state index in [1.54, 1.807) is 18.5 Å². The van der Waals surface area contributed by atoms with Gasteiger partial charge in [0.2, 0.25) is 5.91 Å². The summed E-state index contributed by atoms with van der Waals surface area (Å²) in [6.45, 7) is 7.13. The van der Waals surface area contributed by atoms with Crippen molar-refractivity contribution in [3.8, 4) is 0 Å². The van der Waals surface area contributed by atoms with Gasteiger partial charge in [0.25, 0.3) is 0 Å². The van der Waals surface area contributed by atoms with Crippen LogP contribution in [0.15, 0.2) is 0 Å². The molecule has 1 unspecified atom stereocenters. The number of nitro groups is 1. The monoisotopic (exact) mass is 359 g/mol. The molecule has 1 aliphatic heterocycles. The molecule has 2 rings (SSSR count). The van der Waals surface area contributed by atoms with Gasteiger partial charge < -0.3 is 10.6 Å². The van der Waals surface area contributed by atoms with E-state index in [4.69, 9.17) is 5.73 Å². The first-order valence-corrected chi connectivity index (χ1v) is 8.03. The molecule has 1 amide bonds. The molecule has 0 aromatic carbocycles. The van der Waals surface area contributed by atoms with Gasteiger partial charge in [-0.05, 0) is 39.5 Å². The molecular formula is C15H26ClN5O3. The first-order chi connectivity index (χ1) is 10.8.